The Morgan fingerprint density at radius 1 is 1.35 bits per heavy atom. The van der Waals surface area contributed by atoms with Crippen LogP contribution in [0, 0.1) is 0 Å². The molecule has 1 N–H and O–H groups in total. The number of nitrogens with zero attached hydrogens (tertiary/aromatic N) is 3. The number of hydrogen-bond acceptors (Lipinski definition) is 3. The van der Waals surface area contributed by atoms with E-state index in [4.69, 9.17) is 0 Å². The molecule has 0 radical (unpaired) electrons. The maximum Gasteiger partial charge on any atom is 0.137 e. The maximum atomic E-state index is 10.7. The van der Waals surface area contributed by atoms with Crippen LogP contribution >= 0.6 is 0 Å². The molecule has 0 unspecified atom stereocenters. The van der Waals surface area contributed by atoms with E-state index >= 15 is 0 Å². The molecular weight excluding hydrogens is 214 g/mol. The smallest absolute Gasteiger partial charge is 0.137 e. The van der Waals surface area contributed by atoms with Gasteiger partial charge in [-0.25, -0.2) is 9.67 Å². The summed E-state index contributed by atoms with van der Waals surface area (Å²) in [6.07, 6.45) is 5.23. The molecule has 0 aliphatic carbocycles. The van der Waals surface area contributed by atoms with Gasteiger partial charge in [-0.05, 0) is 12.0 Å². The van der Waals surface area contributed by atoms with Crippen molar-refractivity contribution in [1.82, 2.24) is 14.8 Å². The van der Waals surface area contributed by atoms with Gasteiger partial charge in [0.25, 0.3) is 0 Å². The van der Waals surface area contributed by atoms with E-state index < -0.39 is 5.60 Å². The summed E-state index contributed by atoms with van der Waals surface area (Å²) in [5, 5.41) is 14.7. The van der Waals surface area contributed by atoms with Crippen LogP contribution in [0.1, 0.15) is 12.0 Å². The minimum atomic E-state index is -0.989. The fourth-order valence-corrected chi connectivity index (χ4v) is 1.84. The monoisotopic (exact) mass is 229 g/mol. The first-order valence-corrected chi connectivity index (χ1v) is 5.46. The van der Waals surface area contributed by atoms with Gasteiger partial charge in [0.05, 0.1) is 6.54 Å². The second-order valence-corrected chi connectivity index (χ2v) is 3.98. The molecule has 0 aliphatic rings. The van der Waals surface area contributed by atoms with E-state index in [1.165, 1.54) is 6.33 Å². The van der Waals surface area contributed by atoms with Crippen molar-refractivity contribution < 1.29 is 5.11 Å². The van der Waals surface area contributed by atoms with Crippen LogP contribution in [0.4, 0.5) is 0 Å². The maximum absolute atomic E-state index is 10.7. The molecule has 88 valence electrons. The van der Waals surface area contributed by atoms with Crippen LogP contribution in [0.5, 0.6) is 0 Å². The molecule has 4 nitrogen and oxygen atoms in total. The lowest BCUT2D eigenvalue weighted by Crippen LogP contribution is -2.31. The van der Waals surface area contributed by atoms with Crippen molar-refractivity contribution in [2.24, 2.45) is 0 Å². The molecule has 2 rings (SSSR count). The van der Waals surface area contributed by atoms with E-state index in [1.807, 2.05) is 30.3 Å². The number of hydrogen-bond donors (Lipinski definition) is 1. The summed E-state index contributed by atoms with van der Waals surface area (Å²) in [6.45, 7) is 4.06. The van der Waals surface area contributed by atoms with Crippen LogP contribution in [-0.2, 0) is 12.1 Å². The van der Waals surface area contributed by atoms with Crippen LogP contribution in [0.3, 0.4) is 0 Å². The largest absolute Gasteiger partial charge is 0.383 e. The van der Waals surface area contributed by atoms with Gasteiger partial charge in [0.2, 0.25) is 0 Å². The van der Waals surface area contributed by atoms with Crippen molar-refractivity contribution in [2.75, 3.05) is 0 Å². The molecule has 1 heterocycles. The highest BCUT2D eigenvalue weighted by Crippen LogP contribution is 2.26. The van der Waals surface area contributed by atoms with Crippen LogP contribution in [0.2, 0.25) is 0 Å². The van der Waals surface area contributed by atoms with E-state index in [1.54, 1.807) is 17.1 Å². The Labute approximate surface area is 100 Å². The summed E-state index contributed by atoms with van der Waals surface area (Å²) in [5.74, 6) is 0. The van der Waals surface area contributed by atoms with Gasteiger partial charge in [-0.1, -0.05) is 36.4 Å². The number of aromatic nitrogens is 3. The average molecular weight is 229 g/mol. The molecule has 0 saturated heterocycles. The van der Waals surface area contributed by atoms with E-state index in [0.29, 0.717) is 13.0 Å². The fraction of sp³-hybridized carbons (Fsp3) is 0.231. The Kier molecular flexibility index (Phi) is 3.35. The lowest BCUT2D eigenvalue weighted by atomic mass is 9.90. The Balaban J connectivity index is 2.29. The van der Waals surface area contributed by atoms with E-state index in [2.05, 4.69) is 16.7 Å². The van der Waals surface area contributed by atoms with Crippen LogP contribution in [0.15, 0.2) is 55.6 Å². The van der Waals surface area contributed by atoms with Gasteiger partial charge in [-0.15, -0.1) is 6.58 Å². The predicted octanol–water partition coefficient (Wildman–Crippen LogP) is 1.74. The quantitative estimate of drug-likeness (QED) is 0.794. The molecule has 2 aromatic rings. The van der Waals surface area contributed by atoms with Gasteiger partial charge in [-0.3, -0.25) is 0 Å². The SMILES string of the molecule is C=CC[C@@](O)(Cn1cncn1)c1ccccc1. The fourth-order valence-electron chi connectivity index (χ4n) is 1.84. The zero-order chi connectivity index (χ0) is 12.1. The Morgan fingerprint density at radius 3 is 2.71 bits per heavy atom. The molecule has 17 heavy (non-hydrogen) atoms. The third-order valence-corrected chi connectivity index (χ3v) is 2.68. The number of benzene rings is 1. The molecule has 0 saturated carbocycles. The van der Waals surface area contributed by atoms with Crippen molar-refractivity contribution in [1.29, 1.82) is 0 Å². The Morgan fingerprint density at radius 2 is 2.12 bits per heavy atom. The third kappa shape index (κ3) is 2.60. The number of rotatable bonds is 5. The lowest BCUT2D eigenvalue weighted by Gasteiger charge is -2.27. The molecule has 1 aromatic heterocycles. The molecule has 1 atom stereocenters. The molecular formula is C13H15N3O. The van der Waals surface area contributed by atoms with Gasteiger partial charge in [0, 0.05) is 0 Å². The topological polar surface area (TPSA) is 50.9 Å². The van der Waals surface area contributed by atoms with Crippen molar-refractivity contribution in [2.45, 2.75) is 18.6 Å². The standard InChI is InChI=1S/C13H15N3O/c1-2-8-13(17,9-16-11-14-10-15-16)12-6-4-3-5-7-12/h2-7,10-11,17H,1,8-9H2/t13-/m1/s1. The number of aliphatic hydroxyl groups is 1. The average Bonchev–Trinajstić information content (AvgIpc) is 2.83. The van der Waals surface area contributed by atoms with Gasteiger partial charge < -0.3 is 5.11 Å². The highest BCUT2D eigenvalue weighted by Gasteiger charge is 2.28. The highest BCUT2D eigenvalue weighted by molar-refractivity contribution is 5.22. The van der Waals surface area contributed by atoms with Gasteiger partial charge in [-0.2, -0.15) is 5.10 Å². The second-order valence-electron chi connectivity index (χ2n) is 3.98. The highest BCUT2D eigenvalue weighted by atomic mass is 16.3. The molecule has 0 amide bonds. The minimum Gasteiger partial charge on any atom is -0.383 e. The van der Waals surface area contributed by atoms with Crippen LogP contribution in [-0.4, -0.2) is 19.9 Å². The first-order valence-electron chi connectivity index (χ1n) is 5.46. The van der Waals surface area contributed by atoms with Gasteiger partial charge >= 0.3 is 0 Å². The summed E-state index contributed by atoms with van der Waals surface area (Å²) < 4.78 is 1.62. The molecule has 0 fully saturated rings. The Hall–Kier alpha value is -1.94. The van der Waals surface area contributed by atoms with E-state index in [0.717, 1.165) is 5.56 Å². The summed E-state index contributed by atoms with van der Waals surface area (Å²) in [6, 6.07) is 9.55. The molecule has 4 heteroatoms. The minimum absolute atomic E-state index is 0.364. The van der Waals surface area contributed by atoms with E-state index in [-0.39, 0.29) is 0 Å². The van der Waals surface area contributed by atoms with Gasteiger partial charge in [0.15, 0.2) is 0 Å². The first kappa shape index (κ1) is 11.5. The second kappa shape index (κ2) is 4.93. The molecule has 0 aliphatic heterocycles. The molecule has 0 bridgehead atoms. The molecule has 1 aromatic carbocycles. The normalized spacial score (nSPS) is 14.2. The predicted molar refractivity (Wildman–Crippen MR) is 65.2 cm³/mol. The molecule has 0 spiro atoms. The Bertz CT molecular complexity index is 467. The van der Waals surface area contributed by atoms with Crippen molar-refractivity contribution in [3.05, 3.63) is 61.2 Å². The lowest BCUT2D eigenvalue weighted by molar-refractivity contribution is 0.0178. The van der Waals surface area contributed by atoms with Crippen molar-refractivity contribution in [3.63, 3.8) is 0 Å². The zero-order valence-corrected chi connectivity index (χ0v) is 9.53. The van der Waals surface area contributed by atoms with Crippen molar-refractivity contribution in [3.8, 4) is 0 Å². The van der Waals surface area contributed by atoms with Crippen LogP contribution < -0.4 is 0 Å². The summed E-state index contributed by atoms with van der Waals surface area (Å²) in [7, 11) is 0. The van der Waals surface area contributed by atoms with Crippen molar-refractivity contribution >= 4 is 0 Å². The third-order valence-electron chi connectivity index (χ3n) is 2.68. The van der Waals surface area contributed by atoms with E-state index in [9.17, 15) is 5.11 Å². The first-order chi connectivity index (χ1) is 8.24. The van der Waals surface area contributed by atoms with Crippen LogP contribution in [0.25, 0.3) is 0 Å². The summed E-state index contributed by atoms with van der Waals surface area (Å²) >= 11 is 0. The summed E-state index contributed by atoms with van der Waals surface area (Å²) in [5.41, 5.74) is -0.133. The van der Waals surface area contributed by atoms with Gasteiger partial charge in [0.1, 0.15) is 18.3 Å². The zero-order valence-electron chi connectivity index (χ0n) is 9.53. The summed E-state index contributed by atoms with van der Waals surface area (Å²) in [4.78, 5) is 3.88.